The number of methoxy groups -OCH3 is 1. The number of aromatic nitrogens is 4. The van der Waals surface area contributed by atoms with Gasteiger partial charge in [-0.05, 0) is 12.1 Å². The Kier molecular flexibility index (Phi) is 4.37. The molecule has 4 rings (SSSR count). The monoisotopic (exact) mass is 361 g/mol. The van der Waals surface area contributed by atoms with E-state index in [0.29, 0.717) is 49.0 Å². The molecule has 0 N–H and O–H groups in total. The van der Waals surface area contributed by atoms with E-state index in [2.05, 4.69) is 15.0 Å². The number of benzene rings is 1. The van der Waals surface area contributed by atoms with Gasteiger partial charge in [0.2, 0.25) is 0 Å². The Morgan fingerprint density at radius 3 is 2.54 bits per heavy atom. The molecule has 1 fully saturated rings. The van der Waals surface area contributed by atoms with Crippen molar-refractivity contribution in [2.24, 2.45) is 0 Å². The number of anilines is 1. The second-order valence-electron chi connectivity index (χ2n) is 5.77. The average Bonchev–Trinajstić information content (AvgIpc) is 3.08. The number of para-hydroxylation sites is 2. The first kappa shape index (κ1) is 16.6. The Morgan fingerprint density at radius 2 is 1.81 bits per heavy atom. The van der Waals surface area contributed by atoms with Crippen LogP contribution in [0.4, 0.5) is 14.6 Å². The van der Waals surface area contributed by atoms with E-state index >= 15 is 0 Å². The Morgan fingerprint density at radius 1 is 1.08 bits per heavy atom. The molecule has 0 amide bonds. The third-order valence-electron chi connectivity index (χ3n) is 4.21. The minimum absolute atomic E-state index is 0.113. The van der Waals surface area contributed by atoms with Crippen LogP contribution in [0.1, 0.15) is 12.2 Å². The highest BCUT2D eigenvalue weighted by Gasteiger charge is 2.23. The van der Waals surface area contributed by atoms with E-state index in [1.165, 1.54) is 11.7 Å². The molecule has 1 aliphatic rings. The zero-order valence-corrected chi connectivity index (χ0v) is 14.1. The number of halogens is 2. The molecule has 0 aliphatic carbocycles. The molecule has 0 bridgehead atoms. The fraction of sp³-hybridized carbons (Fsp3) is 0.353. The first-order chi connectivity index (χ1) is 12.7. The maximum atomic E-state index is 13.6. The standard InChI is InChI=1S/C17H17F2N5O2/c1-25-17-21-13(23-6-8-26-9-7-23)10-14(22-17)24-12-5-3-2-4-11(12)20-16(24)15(18)19/h2-5,10,15H,6-9H2,1H3. The summed E-state index contributed by atoms with van der Waals surface area (Å²) < 4.78 is 39.1. The molecule has 0 spiro atoms. The quantitative estimate of drug-likeness (QED) is 0.712. The molecule has 3 heterocycles. The molecule has 0 atom stereocenters. The zero-order chi connectivity index (χ0) is 18.1. The molecule has 2 aromatic heterocycles. The molecule has 0 unspecified atom stereocenters. The van der Waals surface area contributed by atoms with Crippen LogP contribution in [0.25, 0.3) is 16.9 Å². The second kappa shape index (κ2) is 6.83. The van der Waals surface area contributed by atoms with Crippen molar-refractivity contribution >= 4 is 16.9 Å². The van der Waals surface area contributed by atoms with Crippen LogP contribution < -0.4 is 9.64 Å². The van der Waals surface area contributed by atoms with Crippen LogP contribution in [-0.4, -0.2) is 52.9 Å². The van der Waals surface area contributed by atoms with Gasteiger partial charge in [0.15, 0.2) is 5.82 Å². The Hall–Kier alpha value is -2.81. The molecular weight excluding hydrogens is 344 g/mol. The van der Waals surface area contributed by atoms with E-state index in [9.17, 15) is 8.78 Å². The van der Waals surface area contributed by atoms with E-state index in [4.69, 9.17) is 9.47 Å². The molecule has 0 radical (unpaired) electrons. The summed E-state index contributed by atoms with van der Waals surface area (Å²) in [4.78, 5) is 14.7. The van der Waals surface area contributed by atoms with Gasteiger partial charge in [0.05, 0.1) is 31.4 Å². The van der Waals surface area contributed by atoms with Gasteiger partial charge < -0.3 is 14.4 Å². The highest BCUT2D eigenvalue weighted by Crippen LogP contribution is 2.29. The van der Waals surface area contributed by atoms with Gasteiger partial charge in [0.25, 0.3) is 6.43 Å². The molecule has 1 aromatic carbocycles. The van der Waals surface area contributed by atoms with Gasteiger partial charge in [0, 0.05) is 19.2 Å². The van der Waals surface area contributed by atoms with Crippen molar-refractivity contribution in [1.82, 2.24) is 19.5 Å². The number of hydrogen-bond acceptors (Lipinski definition) is 6. The number of rotatable bonds is 4. The number of morpholine rings is 1. The summed E-state index contributed by atoms with van der Waals surface area (Å²) in [6.45, 7) is 2.48. The van der Waals surface area contributed by atoms with Gasteiger partial charge in [-0.1, -0.05) is 12.1 Å². The maximum absolute atomic E-state index is 13.6. The van der Waals surface area contributed by atoms with Gasteiger partial charge in [-0.25, -0.2) is 13.8 Å². The Balaban J connectivity index is 1.89. The predicted octanol–water partition coefficient (Wildman–Crippen LogP) is 2.60. The fourth-order valence-electron chi connectivity index (χ4n) is 2.99. The van der Waals surface area contributed by atoms with Crippen molar-refractivity contribution in [3.05, 3.63) is 36.2 Å². The highest BCUT2D eigenvalue weighted by atomic mass is 19.3. The first-order valence-electron chi connectivity index (χ1n) is 8.19. The second-order valence-corrected chi connectivity index (χ2v) is 5.77. The fourth-order valence-corrected chi connectivity index (χ4v) is 2.99. The van der Waals surface area contributed by atoms with Crippen LogP contribution in [-0.2, 0) is 4.74 Å². The van der Waals surface area contributed by atoms with Crippen molar-refractivity contribution in [3.8, 4) is 11.8 Å². The highest BCUT2D eigenvalue weighted by molar-refractivity contribution is 5.78. The summed E-state index contributed by atoms with van der Waals surface area (Å²) in [5, 5.41) is 0. The van der Waals surface area contributed by atoms with E-state index in [1.807, 2.05) is 4.90 Å². The summed E-state index contributed by atoms with van der Waals surface area (Å²) in [7, 11) is 1.45. The van der Waals surface area contributed by atoms with Crippen molar-refractivity contribution < 1.29 is 18.3 Å². The van der Waals surface area contributed by atoms with Crippen LogP contribution in [0, 0.1) is 0 Å². The van der Waals surface area contributed by atoms with E-state index in [0.717, 1.165) is 0 Å². The molecule has 26 heavy (non-hydrogen) atoms. The summed E-state index contributed by atoms with van der Waals surface area (Å²) in [6.07, 6.45) is -2.74. The lowest BCUT2D eigenvalue weighted by atomic mass is 10.3. The molecular formula is C17H17F2N5O2. The van der Waals surface area contributed by atoms with Crippen molar-refractivity contribution in [1.29, 1.82) is 0 Å². The molecule has 3 aromatic rings. The minimum Gasteiger partial charge on any atom is -0.467 e. The van der Waals surface area contributed by atoms with Gasteiger partial charge in [0.1, 0.15) is 11.6 Å². The lowest BCUT2D eigenvalue weighted by Crippen LogP contribution is -2.37. The van der Waals surface area contributed by atoms with Gasteiger partial charge >= 0.3 is 6.01 Å². The predicted molar refractivity (Wildman–Crippen MR) is 91.2 cm³/mol. The molecule has 136 valence electrons. The van der Waals surface area contributed by atoms with Crippen LogP contribution in [0.15, 0.2) is 30.3 Å². The van der Waals surface area contributed by atoms with Crippen molar-refractivity contribution in [2.75, 3.05) is 38.3 Å². The Labute approximate surface area is 148 Å². The maximum Gasteiger partial charge on any atom is 0.320 e. The smallest absolute Gasteiger partial charge is 0.320 e. The van der Waals surface area contributed by atoms with Crippen LogP contribution in [0.3, 0.4) is 0 Å². The van der Waals surface area contributed by atoms with Crippen molar-refractivity contribution in [2.45, 2.75) is 6.43 Å². The molecule has 9 heteroatoms. The number of nitrogens with zero attached hydrogens (tertiary/aromatic N) is 5. The normalized spacial score (nSPS) is 15.0. The number of alkyl halides is 2. The Bertz CT molecular complexity index is 925. The topological polar surface area (TPSA) is 65.3 Å². The van der Waals surface area contributed by atoms with E-state index in [-0.39, 0.29) is 11.8 Å². The SMILES string of the molecule is COc1nc(N2CCOCC2)cc(-n2c(C(F)F)nc3ccccc32)n1. The molecule has 7 nitrogen and oxygen atoms in total. The number of hydrogen-bond donors (Lipinski definition) is 0. The van der Waals surface area contributed by atoms with Gasteiger partial charge in [-0.3, -0.25) is 4.57 Å². The number of ether oxygens (including phenoxy) is 2. The molecule has 1 aliphatic heterocycles. The lowest BCUT2D eigenvalue weighted by molar-refractivity contribution is 0.122. The third-order valence-corrected chi connectivity index (χ3v) is 4.21. The molecule has 0 saturated carbocycles. The van der Waals surface area contributed by atoms with Gasteiger partial charge in [-0.2, -0.15) is 9.97 Å². The van der Waals surface area contributed by atoms with Crippen LogP contribution in [0.2, 0.25) is 0 Å². The minimum atomic E-state index is -2.74. The average molecular weight is 361 g/mol. The van der Waals surface area contributed by atoms with Gasteiger partial charge in [-0.15, -0.1) is 0 Å². The summed E-state index contributed by atoms with van der Waals surface area (Å²) in [6, 6.07) is 8.75. The molecule has 1 saturated heterocycles. The summed E-state index contributed by atoms with van der Waals surface area (Å²) in [5.74, 6) is 0.537. The van der Waals surface area contributed by atoms with E-state index in [1.54, 1.807) is 30.3 Å². The zero-order valence-electron chi connectivity index (χ0n) is 14.1. The summed E-state index contributed by atoms with van der Waals surface area (Å²) in [5.41, 5.74) is 1.03. The summed E-state index contributed by atoms with van der Waals surface area (Å²) >= 11 is 0. The van der Waals surface area contributed by atoms with Crippen LogP contribution in [0.5, 0.6) is 6.01 Å². The van der Waals surface area contributed by atoms with Crippen LogP contribution >= 0.6 is 0 Å². The van der Waals surface area contributed by atoms with Crippen molar-refractivity contribution in [3.63, 3.8) is 0 Å². The van der Waals surface area contributed by atoms with E-state index < -0.39 is 6.43 Å². The number of fused-ring (bicyclic) bond motifs is 1. The largest absolute Gasteiger partial charge is 0.467 e. The lowest BCUT2D eigenvalue weighted by Gasteiger charge is -2.28. The first-order valence-corrected chi connectivity index (χ1v) is 8.19. The number of imidazole rings is 1. The third kappa shape index (κ3) is 2.94.